The fourth-order valence-corrected chi connectivity index (χ4v) is 2.06. The molecular formula is C16H15N3. The molecule has 2 aromatic carbocycles. The van der Waals surface area contributed by atoms with E-state index in [4.69, 9.17) is 5.73 Å². The number of para-hydroxylation sites is 1. The molecule has 19 heavy (non-hydrogen) atoms. The van der Waals surface area contributed by atoms with Gasteiger partial charge in [-0.3, -0.25) is 0 Å². The first-order valence-corrected chi connectivity index (χ1v) is 6.27. The van der Waals surface area contributed by atoms with Crippen molar-refractivity contribution in [2.75, 3.05) is 5.32 Å². The van der Waals surface area contributed by atoms with Gasteiger partial charge in [0.25, 0.3) is 0 Å². The van der Waals surface area contributed by atoms with Gasteiger partial charge >= 0.3 is 0 Å². The van der Waals surface area contributed by atoms with Gasteiger partial charge in [-0.05, 0) is 35.9 Å². The SMILES string of the molecule is NCc1cccc(Nc2ccc3ccccc3n2)c1. The third kappa shape index (κ3) is 2.56. The number of anilines is 2. The molecule has 0 spiro atoms. The normalized spacial score (nSPS) is 10.6. The Labute approximate surface area is 112 Å². The van der Waals surface area contributed by atoms with Crippen LogP contribution in [-0.4, -0.2) is 4.98 Å². The van der Waals surface area contributed by atoms with Gasteiger partial charge < -0.3 is 11.1 Å². The van der Waals surface area contributed by atoms with Crippen molar-refractivity contribution < 1.29 is 0 Å². The summed E-state index contributed by atoms with van der Waals surface area (Å²) in [5.74, 6) is 0.841. The van der Waals surface area contributed by atoms with Crippen LogP contribution in [0.25, 0.3) is 10.9 Å². The van der Waals surface area contributed by atoms with Gasteiger partial charge in [-0.25, -0.2) is 4.98 Å². The van der Waals surface area contributed by atoms with E-state index in [0.717, 1.165) is 28.0 Å². The predicted octanol–water partition coefficient (Wildman–Crippen LogP) is 3.44. The monoisotopic (exact) mass is 249 g/mol. The van der Waals surface area contributed by atoms with E-state index in [1.165, 1.54) is 0 Å². The average molecular weight is 249 g/mol. The quantitative estimate of drug-likeness (QED) is 0.747. The fraction of sp³-hybridized carbons (Fsp3) is 0.0625. The first-order chi connectivity index (χ1) is 9.35. The third-order valence-electron chi connectivity index (χ3n) is 3.03. The third-order valence-corrected chi connectivity index (χ3v) is 3.03. The number of hydrogen-bond acceptors (Lipinski definition) is 3. The molecule has 3 nitrogen and oxygen atoms in total. The Morgan fingerprint density at radius 3 is 2.74 bits per heavy atom. The minimum Gasteiger partial charge on any atom is -0.340 e. The van der Waals surface area contributed by atoms with Crippen molar-refractivity contribution in [3.05, 3.63) is 66.2 Å². The molecule has 0 fully saturated rings. The fourth-order valence-electron chi connectivity index (χ4n) is 2.06. The van der Waals surface area contributed by atoms with Crippen LogP contribution in [0.5, 0.6) is 0 Å². The molecule has 0 amide bonds. The van der Waals surface area contributed by atoms with E-state index in [9.17, 15) is 0 Å². The lowest BCUT2D eigenvalue weighted by Crippen LogP contribution is -1.98. The summed E-state index contributed by atoms with van der Waals surface area (Å²) in [6.07, 6.45) is 0. The number of hydrogen-bond donors (Lipinski definition) is 2. The molecule has 3 heteroatoms. The van der Waals surface area contributed by atoms with E-state index >= 15 is 0 Å². The number of rotatable bonds is 3. The lowest BCUT2D eigenvalue weighted by Gasteiger charge is -2.08. The van der Waals surface area contributed by atoms with Crippen LogP contribution in [0.4, 0.5) is 11.5 Å². The van der Waals surface area contributed by atoms with Crippen LogP contribution in [0.1, 0.15) is 5.56 Å². The summed E-state index contributed by atoms with van der Waals surface area (Å²) in [5.41, 5.74) is 8.74. The van der Waals surface area contributed by atoms with E-state index in [1.54, 1.807) is 0 Å². The van der Waals surface area contributed by atoms with E-state index in [1.807, 2.05) is 48.5 Å². The number of nitrogens with two attached hydrogens (primary N) is 1. The zero-order valence-electron chi connectivity index (χ0n) is 10.5. The van der Waals surface area contributed by atoms with Crippen molar-refractivity contribution in [2.24, 2.45) is 5.73 Å². The summed E-state index contributed by atoms with van der Waals surface area (Å²) < 4.78 is 0. The maximum absolute atomic E-state index is 5.64. The molecule has 3 N–H and O–H groups in total. The Morgan fingerprint density at radius 2 is 1.84 bits per heavy atom. The van der Waals surface area contributed by atoms with E-state index in [2.05, 4.69) is 22.4 Å². The second-order valence-corrected chi connectivity index (χ2v) is 4.42. The number of aromatic nitrogens is 1. The minimum absolute atomic E-state index is 0.542. The molecule has 1 heterocycles. The molecule has 1 aromatic heterocycles. The maximum atomic E-state index is 5.64. The smallest absolute Gasteiger partial charge is 0.131 e. The summed E-state index contributed by atoms with van der Waals surface area (Å²) >= 11 is 0. The first kappa shape index (κ1) is 11.7. The van der Waals surface area contributed by atoms with Gasteiger partial charge in [-0.1, -0.05) is 30.3 Å². The zero-order chi connectivity index (χ0) is 13.1. The summed E-state index contributed by atoms with van der Waals surface area (Å²) in [7, 11) is 0. The molecule has 0 aliphatic heterocycles. The Kier molecular flexibility index (Phi) is 3.12. The van der Waals surface area contributed by atoms with Gasteiger partial charge in [0.2, 0.25) is 0 Å². The van der Waals surface area contributed by atoms with Crippen LogP contribution in [0.2, 0.25) is 0 Å². The Hall–Kier alpha value is -2.39. The first-order valence-electron chi connectivity index (χ1n) is 6.27. The molecule has 0 aliphatic carbocycles. The lowest BCUT2D eigenvalue weighted by molar-refractivity contribution is 1.07. The summed E-state index contributed by atoms with van der Waals surface area (Å²) in [6, 6.07) is 20.2. The summed E-state index contributed by atoms with van der Waals surface area (Å²) in [6.45, 7) is 0.542. The molecule has 3 aromatic rings. The largest absolute Gasteiger partial charge is 0.340 e. The van der Waals surface area contributed by atoms with Crippen molar-refractivity contribution in [3.8, 4) is 0 Å². The molecule has 0 atom stereocenters. The minimum atomic E-state index is 0.542. The molecular weight excluding hydrogens is 234 g/mol. The maximum Gasteiger partial charge on any atom is 0.131 e. The number of pyridine rings is 1. The van der Waals surface area contributed by atoms with Gasteiger partial charge in [0.05, 0.1) is 5.52 Å². The highest BCUT2D eigenvalue weighted by atomic mass is 15.0. The Balaban J connectivity index is 1.92. The highest BCUT2D eigenvalue weighted by Crippen LogP contribution is 2.19. The number of nitrogens with one attached hydrogen (secondary N) is 1. The van der Waals surface area contributed by atoms with Gasteiger partial charge in [0, 0.05) is 17.6 Å². The lowest BCUT2D eigenvalue weighted by atomic mass is 10.2. The molecule has 0 radical (unpaired) electrons. The topological polar surface area (TPSA) is 50.9 Å². The summed E-state index contributed by atoms with van der Waals surface area (Å²) in [5, 5.41) is 4.45. The molecule has 0 bridgehead atoms. The van der Waals surface area contributed by atoms with Gasteiger partial charge in [-0.15, -0.1) is 0 Å². The van der Waals surface area contributed by atoms with Gasteiger partial charge in [0.15, 0.2) is 0 Å². The number of fused-ring (bicyclic) bond motifs is 1. The second-order valence-electron chi connectivity index (χ2n) is 4.42. The summed E-state index contributed by atoms with van der Waals surface area (Å²) in [4.78, 5) is 4.58. The molecule has 0 saturated carbocycles. The highest BCUT2D eigenvalue weighted by Gasteiger charge is 1.99. The Morgan fingerprint density at radius 1 is 0.947 bits per heavy atom. The van der Waals surface area contributed by atoms with E-state index in [0.29, 0.717) is 6.54 Å². The van der Waals surface area contributed by atoms with Crippen LogP contribution in [0.3, 0.4) is 0 Å². The van der Waals surface area contributed by atoms with Gasteiger partial charge in [0.1, 0.15) is 5.82 Å². The Bertz CT molecular complexity index is 707. The van der Waals surface area contributed by atoms with E-state index < -0.39 is 0 Å². The second kappa shape index (κ2) is 5.08. The van der Waals surface area contributed by atoms with Crippen LogP contribution in [-0.2, 0) is 6.54 Å². The van der Waals surface area contributed by atoms with Crippen LogP contribution < -0.4 is 11.1 Å². The van der Waals surface area contributed by atoms with Crippen molar-refractivity contribution in [2.45, 2.75) is 6.54 Å². The number of benzene rings is 2. The van der Waals surface area contributed by atoms with Crippen molar-refractivity contribution >= 4 is 22.4 Å². The van der Waals surface area contributed by atoms with Crippen molar-refractivity contribution in [3.63, 3.8) is 0 Å². The molecule has 0 saturated heterocycles. The highest BCUT2D eigenvalue weighted by molar-refractivity contribution is 5.80. The van der Waals surface area contributed by atoms with Crippen LogP contribution in [0, 0.1) is 0 Å². The molecule has 94 valence electrons. The molecule has 0 unspecified atom stereocenters. The van der Waals surface area contributed by atoms with Crippen LogP contribution >= 0.6 is 0 Å². The predicted molar refractivity (Wildman–Crippen MR) is 79.4 cm³/mol. The average Bonchev–Trinajstić information content (AvgIpc) is 2.47. The zero-order valence-corrected chi connectivity index (χ0v) is 10.5. The van der Waals surface area contributed by atoms with Gasteiger partial charge in [-0.2, -0.15) is 0 Å². The number of nitrogens with zero attached hydrogens (tertiary/aromatic N) is 1. The van der Waals surface area contributed by atoms with E-state index in [-0.39, 0.29) is 0 Å². The standard InChI is InChI=1S/C16H15N3/c17-11-12-4-3-6-14(10-12)18-16-9-8-13-5-1-2-7-15(13)19-16/h1-10H,11,17H2,(H,18,19). The molecule has 3 rings (SSSR count). The molecule has 0 aliphatic rings. The van der Waals surface area contributed by atoms with Crippen molar-refractivity contribution in [1.82, 2.24) is 4.98 Å². The van der Waals surface area contributed by atoms with Crippen LogP contribution in [0.15, 0.2) is 60.7 Å². The van der Waals surface area contributed by atoms with Crippen molar-refractivity contribution in [1.29, 1.82) is 0 Å².